The molecule has 1 heterocycles. The van der Waals surface area contributed by atoms with Crippen LogP contribution in [0.5, 0.6) is 0 Å². The minimum Gasteiger partial charge on any atom is -0.397 e. The largest absolute Gasteiger partial charge is 0.397 e. The van der Waals surface area contributed by atoms with Crippen molar-refractivity contribution in [1.29, 1.82) is 0 Å². The Labute approximate surface area is 118 Å². The third kappa shape index (κ3) is 2.38. The van der Waals surface area contributed by atoms with Crippen LogP contribution in [0.4, 0.5) is 5.69 Å². The molecule has 19 heavy (non-hydrogen) atoms. The van der Waals surface area contributed by atoms with E-state index in [0.29, 0.717) is 22.0 Å². The first-order valence-electron chi connectivity index (χ1n) is 6.20. The van der Waals surface area contributed by atoms with Crippen molar-refractivity contribution in [2.75, 3.05) is 5.73 Å². The Bertz CT molecular complexity index is 629. The normalized spacial score (nSPS) is 11.0. The molecule has 0 radical (unpaired) electrons. The summed E-state index contributed by atoms with van der Waals surface area (Å²) in [4.78, 5) is 12.6. The first-order chi connectivity index (χ1) is 8.93. The Morgan fingerprint density at radius 2 is 1.95 bits per heavy atom. The second kappa shape index (κ2) is 5.10. The van der Waals surface area contributed by atoms with Crippen LogP contribution in [-0.4, -0.2) is 10.4 Å². The number of nitrogens with zero attached hydrogens (tertiary/aromatic N) is 1. The fourth-order valence-electron chi connectivity index (χ4n) is 2.36. The summed E-state index contributed by atoms with van der Waals surface area (Å²) in [5.41, 5.74) is 8.45. The number of hydrogen-bond donors (Lipinski definition) is 1. The molecule has 1 aromatic carbocycles. The van der Waals surface area contributed by atoms with Crippen molar-refractivity contribution in [3.63, 3.8) is 0 Å². The number of benzene rings is 1. The fourth-order valence-corrected chi connectivity index (χ4v) is 2.58. The summed E-state index contributed by atoms with van der Waals surface area (Å²) in [6, 6.07) is 9.01. The standard InChI is InChI=1S/C15H17ClN2O/c1-9(2)18-10(3)8-13(17)14(18)15(19)11-6-4-5-7-12(11)16/h4-9H,17H2,1-3H3. The van der Waals surface area contributed by atoms with Gasteiger partial charge in [-0.3, -0.25) is 4.79 Å². The molecule has 0 aliphatic rings. The van der Waals surface area contributed by atoms with E-state index in [2.05, 4.69) is 0 Å². The molecular formula is C15H17ClN2O. The van der Waals surface area contributed by atoms with E-state index in [9.17, 15) is 4.79 Å². The van der Waals surface area contributed by atoms with Gasteiger partial charge in [0.15, 0.2) is 0 Å². The molecule has 2 rings (SSSR count). The third-order valence-corrected chi connectivity index (χ3v) is 3.44. The molecule has 0 aliphatic heterocycles. The Morgan fingerprint density at radius 3 is 2.53 bits per heavy atom. The summed E-state index contributed by atoms with van der Waals surface area (Å²) in [5, 5.41) is 0.445. The molecule has 0 atom stereocenters. The fraction of sp³-hybridized carbons (Fsp3) is 0.267. The first kappa shape index (κ1) is 13.7. The number of aromatic nitrogens is 1. The Balaban J connectivity index is 2.60. The molecule has 2 N–H and O–H groups in total. The zero-order chi connectivity index (χ0) is 14.2. The number of nitrogen functional groups attached to an aromatic ring is 1. The van der Waals surface area contributed by atoms with Crippen LogP contribution in [0.3, 0.4) is 0 Å². The highest BCUT2D eigenvalue weighted by Gasteiger charge is 2.22. The minimum absolute atomic E-state index is 0.134. The number of carbonyl (C=O) groups is 1. The highest BCUT2D eigenvalue weighted by atomic mass is 35.5. The van der Waals surface area contributed by atoms with E-state index in [0.717, 1.165) is 5.69 Å². The van der Waals surface area contributed by atoms with E-state index in [1.807, 2.05) is 31.4 Å². The lowest BCUT2D eigenvalue weighted by Gasteiger charge is -2.15. The van der Waals surface area contributed by atoms with Gasteiger partial charge in [-0.15, -0.1) is 0 Å². The van der Waals surface area contributed by atoms with Crippen molar-refractivity contribution < 1.29 is 4.79 Å². The van der Waals surface area contributed by atoms with Gasteiger partial charge in [0.2, 0.25) is 5.78 Å². The summed E-state index contributed by atoms with van der Waals surface area (Å²) in [6.45, 7) is 5.99. The third-order valence-electron chi connectivity index (χ3n) is 3.11. The van der Waals surface area contributed by atoms with Crippen LogP contribution in [0.25, 0.3) is 0 Å². The molecular weight excluding hydrogens is 260 g/mol. The van der Waals surface area contributed by atoms with Crippen LogP contribution in [0.15, 0.2) is 30.3 Å². The van der Waals surface area contributed by atoms with Crippen LogP contribution in [-0.2, 0) is 0 Å². The Morgan fingerprint density at radius 1 is 1.32 bits per heavy atom. The van der Waals surface area contributed by atoms with Gasteiger partial charge in [-0.2, -0.15) is 0 Å². The smallest absolute Gasteiger partial charge is 0.213 e. The van der Waals surface area contributed by atoms with Crippen LogP contribution >= 0.6 is 11.6 Å². The van der Waals surface area contributed by atoms with E-state index in [-0.39, 0.29) is 11.8 Å². The van der Waals surface area contributed by atoms with Gasteiger partial charge in [-0.25, -0.2) is 0 Å². The van der Waals surface area contributed by atoms with E-state index >= 15 is 0 Å². The predicted molar refractivity (Wildman–Crippen MR) is 78.9 cm³/mol. The maximum absolute atomic E-state index is 12.6. The number of nitrogens with two attached hydrogens (primary N) is 1. The summed E-state index contributed by atoms with van der Waals surface area (Å²) in [7, 11) is 0. The van der Waals surface area contributed by atoms with Gasteiger partial charge in [0, 0.05) is 17.3 Å². The van der Waals surface area contributed by atoms with Crippen LogP contribution in [0, 0.1) is 6.92 Å². The average Bonchev–Trinajstić information content (AvgIpc) is 2.64. The first-order valence-corrected chi connectivity index (χ1v) is 6.57. The summed E-state index contributed by atoms with van der Waals surface area (Å²) >= 11 is 6.09. The molecule has 0 spiro atoms. The molecule has 2 aromatic rings. The van der Waals surface area contributed by atoms with Crippen LogP contribution < -0.4 is 5.73 Å². The van der Waals surface area contributed by atoms with Gasteiger partial charge in [0.25, 0.3) is 0 Å². The number of aryl methyl sites for hydroxylation is 1. The molecule has 0 saturated carbocycles. The molecule has 100 valence electrons. The molecule has 0 saturated heterocycles. The quantitative estimate of drug-likeness (QED) is 0.866. The molecule has 0 unspecified atom stereocenters. The van der Waals surface area contributed by atoms with Gasteiger partial charge in [-0.1, -0.05) is 23.7 Å². The van der Waals surface area contributed by atoms with Crippen molar-refractivity contribution in [3.05, 3.63) is 52.3 Å². The molecule has 0 bridgehead atoms. The van der Waals surface area contributed by atoms with Crippen molar-refractivity contribution in [2.45, 2.75) is 26.8 Å². The molecule has 1 aromatic heterocycles. The van der Waals surface area contributed by atoms with Gasteiger partial charge in [0.1, 0.15) is 5.69 Å². The Hall–Kier alpha value is -1.74. The number of carbonyl (C=O) groups excluding carboxylic acids is 1. The number of ketones is 1. The van der Waals surface area contributed by atoms with Crippen LogP contribution in [0.2, 0.25) is 5.02 Å². The Kier molecular flexibility index (Phi) is 3.67. The summed E-state index contributed by atoms with van der Waals surface area (Å²) < 4.78 is 1.95. The zero-order valence-corrected chi connectivity index (χ0v) is 12.0. The lowest BCUT2D eigenvalue weighted by atomic mass is 10.1. The second-order valence-electron chi connectivity index (χ2n) is 4.86. The number of hydrogen-bond acceptors (Lipinski definition) is 2. The lowest BCUT2D eigenvalue weighted by molar-refractivity contribution is 0.102. The number of anilines is 1. The highest BCUT2D eigenvalue weighted by molar-refractivity contribution is 6.35. The van der Waals surface area contributed by atoms with E-state index in [1.54, 1.807) is 24.3 Å². The topological polar surface area (TPSA) is 48.0 Å². The SMILES string of the molecule is Cc1cc(N)c(C(=O)c2ccccc2Cl)n1C(C)C. The number of rotatable bonds is 3. The highest BCUT2D eigenvalue weighted by Crippen LogP contribution is 2.27. The molecule has 3 nitrogen and oxygen atoms in total. The predicted octanol–water partition coefficient (Wildman–Crippen LogP) is 3.84. The van der Waals surface area contributed by atoms with Crippen molar-refractivity contribution in [3.8, 4) is 0 Å². The monoisotopic (exact) mass is 276 g/mol. The van der Waals surface area contributed by atoms with Gasteiger partial charge < -0.3 is 10.3 Å². The number of halogens is 1. The maximum Gasteiger partial charge on any atom is 0.213 e. The zero-order valence-electron chi connectivity index (χ0n) is 11.3. The molecule has 0 fully saturated rings. The van der Waals surface area contributed by atoms with Crippen molar-refractivity contribution >= 4 is 23.1 Å². The van der Waals surface area contributed by atoms with Crippen molar-refractivity contribution in [2.24, 2.45) is 0 Å². The molecule has 0 amide bonds. The van der Waals surface area contributed by atoms with Gasteiger partial charge >= 0.3 is 0 Å². The van der Waals surface area contributed by atoms with Crippen LogP contribution in [0.1, 0.15) is 41.6 Å². The maximum atomic E-state index is 12.6. The lowest BCUT2D eigenvalue weighted by Crippen LogP contribution is -2.15. The molecule has 4 heteroatoms. The van der Waals surface area contributed by atoms with Gasteiger partial charge in [0.05, 0.1) is 10.7 Å². The van der Waals surface area contributed by atoms with E-state index in [4.69, 9.17) is 17.3 Å². The minimum atomic E-state index is -0.134. The van der Waals surface area contributed by atoms with E-state index in [1.165, 1.54) is 0 Å². The summed E-state index contributed by atoms with van der Waals surface area (Å²) in [5.74, 6) is -0.134. The van der Waals surface area contributed by atoms with Gasteiger partial charge in [-0.05, 0) is 39.0 Å². The second-order valence-corrected chi connectivity index (χ2v) is 5.27. The average molecular weight is 277 g/mol. The molecule has 0 aliphatic carbocycles. The summed E-state index contributed by atoms with van der Waals surface area (Å²) in [6.07, 6.45) is 0. The van der Waals surface area contributed by atoms with Crippen molar-refractivity contribution in [1.82, 2.24) is 4.57 Å². The van der Waals surface area contributed by atoms with E-state index < -0.39 is 0 Å².